The van der Waals surface area contributed by atoms with E-state index in [1.54, 1.807) is 43.3 Å². The molecule has 0 spiro atoms. The van der Waals surface area contributed by atoms with Crippen LogP contribution in [0.5, 0.6) is 5.88 Å². The number of benzene rings is 1. The van der Waals surface area contributed by atoms with Crippen LogP contribution >= 0.6 is 23.2 Å². The third-order valence-electron chi connectivity index (χ3n) is 4.15. The lowest BCUT2D eigenvalue weighted by molar-refractivity contribution is -0.123. The first-order valence-electron chi connectivity index (χ1n) is 9.30. The van der Waals surface area contributed by atoms with Gasteiger partial charge in [0.15, 0.2) is 6.61 Å². The van der Waals surface area contributed by atoms with E-state index in [0.29, 0.717) is 38.4 Å². The highest BCUT2D eigenvalue weighted by Gasteiger charge is 2.14. The number of amides is 1. The molecule has 0 unspecified atom stereocenters. The van der Waals surface area contributed by atoms with Gasteiger partial charge in [-0.05, 0) is 43.3 Å². The molecule has 0 aliphatic rings. The molecule has 2 heterocycles. The number of halogens is 2. The first-order chi connectivity index (χ1) is 15.4. The van der Waals surface area contributed by atoms with Crippen molar-refractivity contribution in [1.29, 1.82) is 5.26 Å². The molecule has 3 rings (SSSR count). The average molecular weight is 473 g/mol. The number of carbonyl (C=O) groups excluding carboxylic acids is 1. The lowest BCUT2D eigenvalue weighted by atomic mass is 10.1. The second kappa shape index (κ2) is 10.8. The van der Waals surface area contributed by atoms with E-state index < -0.39 is 5.91 Å². The Morgan fingerprint density at radius 1 is 1.31 bits per heavy atom. The minimum atomic E-state index is -0.533. The summed E-state index contributed by atoms with van der Waals surface area (Å²) in [6, 6.07) is 12.2. The molecule has 10 heteroatoms. The number of ether oxygens (including phenoxy) is 2. The van der Waals surface area contributed by atoms with Crippen molar-refractivity contribution in [2.75, 3.05) is 13.7 Å². The van der Waals surface area contributed by atoms with Gasteiger partial charge in [-0.15, -0.1) is 0 Å². The third-order valence-corrected chi connectivity index (χ3v) is 4.70. The summed E-state index contributed by atoms with van der Waals surface area (Å²) in [4.78, 5) is 16.2. The Morgan fingerprint density at radius 2 is 2.12 bits per heavy atom. The maximum Gasteiger partial charge on any atom is 0.278 e. The molecule has 1 amide bonds. The summed E-state index contributed by atoms with van der Waals surface area (Å²) >= 11 is 12.1. The lowest BCUT2D eigenvalue weighted by Crippen LogP contribution is -2.25. The quantitative estimate of drug-likeness (QED) is 0.381. The lowest BCUT2D eigenvalue weighted by Gasteiger charge is -2.10. The molecule has 0 radical (unpaired) electrons. The van der Waals surface area contributed by atoms with Crippen molar-refractivity contribution in [2.45, 2.75) is 13.5 Å². The SMILES string of the molecule is COCc1cc(C)nc(OCC(=O)NN=Cc2ccc(-c3ccc(Cl)cc3Cl)o2)c1C#N. The third kappa shape index (κ3) is 5.86. The van der Waals surface area contributed by atoms with Gasteiger partial charge in [-0.25, -0.2) is 10.4 Å². The van der Waals surface area contributed by atoms with E-state index in [-0.39, 0.29) is 24.7 Å². The summed E-state index contributed by atoms with van der Waals surface area (Å²) in [6.45, 7) is 1.61. The van der Waals surface area contributed by atoms with Gasteiger partial charge in [0.2, 0.25) is 5.88 Å². The van der Waals surface area contributed by atoms with Crippen LogP contribution in [0.3, 0.4) is 0 Å². The molecule has 32 heavy (non-hydrogen) atoms. The zero-order valence-corrected chi connectivity index (χ0v) is 18.7. The smallest absolute Gasteiger partial charge is 0.278 e. The molecule has 0 aliphatic carbocycles. The maximum atomic E-state index is 12.1. The number of hydrogen-bond acceptors (Lipinski definition) is 7. The summed E-state index contributed by atoms with van der Waals surface area (Å²) in [5.74, 6) is 0.469. The molecule has 1 aromatic carbocycles. The number of hydrazone groups is 1. The second-order valence-electron chi connectivity index (χ2n) is 6.56. The number of pyridine rings is 1. The van der Waals surface area contributed by atoms with Crippen LogP contribution in [0.1, 0.15) is 22.6 Å². The largest absolute Gasteiger partial charge is 0.467 e. The van der Waals surface area contributed by atoms with Gasteiger partial charge in [-0.3, -0.25) is 4.79 Å². The number of hydrogen-bond donors (Lipinski definition) is 1. The number of rotatable bonds is 8. The van der Waals surface area contributed by atoms with Crippen molar-refractivity contribution in [3.8, 4) is 23.3 Å². The summed E-state index contributed by atoms with van der Waals surface area (Å²) in [6.07, 6.45) is 1.34. The molecule has 0 saturated carbocycles. The Balaban J connectivity index is 1.59. The predicted octanol–water partition coefficient (Wildman–Crippen LogP) is 4.50. The number of nitriles is 1. The van der Waals surface area contributed by atoms with Gasteiger partial charge in [0.25, 0.3) is 5.91 Å². The zero-order valence-electron chi connectivity index (χ0n) is 17.2. The van der Waals surface area contributed by atoms with Crippen molar-refractivity contribution in [2.24, 2.45) is 5.10 Å². The van der Waals surface area contributed by atoms with Gasteiger partial charge in [0.05, 0.1) is 17.8 Å². The van der Waals surface area contributed by atoms with Crippen LogP contribution in [0.4, 0.5) is 0 Å². The van der Waals surface area contributed by atoms with E-state index in [1.807, 2.05) is 6.07 Å². The van der Waals surface area contributed by atoms with Gasteiger partial charge in [0, 0.05) is 29.0 Å². The van der Waals surface area contributed by atoms with E-state index in [0.717, 1.165) is 0 Å². The van der Waals surface area contributed by atoms with Crippen LogP contribution in [0.2, 0.25) is 10.0 Å². The Morgan fingerprint density at radius 3 is 2.84 bits per heavy atom. The Bertz CT molecular complexity index is 1200. The molecule has 0 fully saturated rings. The highest BCUT2D eigenvalue weighted by Crippen LogP contribution is 2.31. The Kier molecular flexibility index (Phi) is 7.84. The summed E-state index contributed by atoms with van der Waals surface area (Å²) in [5.41, 5.74) is 4.50. The van der Waals surface area contributed by atoms with Crippen LogP contribution in [-0.2, 0) is 16.1 Å². The molecule has 3 aromatic rings. The molecular formula is C22H18Cl2N4O4. The van der Waals surface area contributed by atoms with E-state index in [1.165, 1.54) is 13.3 Å². The van der Waals surface area contributed by atoms with E-state index in [2.05, 4.69) is 15.5 Å². The topological polar surface area (TPSA) is 110 Å². The number of nitrogens with zero attached hydrogens (tertiary/aromatic N) is 3. The Hall–Kier alpha value is -3.38. The van der Waals surface area contributed by atoms with Crippen molar-refractivity contribution in [1.82, 2.24) is 10.4 Å². The van der Waals surface area contributed by atoms with Crippen molar-refractivity contribution in [3.63, 3.8) is 0 Å². The van der Waals surface area contributed by atoms with Crippen molar-refractivity contribution < 1.29 is 18.7 Å². The Labute approximate surface area is 194 Å². The van der Waals surface area contributed by atoms with E-state index in [4.69, 9.17) is 37.1 Å². The highest BCUT2D eigenvalue weighted by molar-refractivity contribution is 6.36. The number of methoxy groups -OCH3 is 1. The fraction of sp³-hybridized carbons (Fsp3) is 0.182. The van der Waals surface area contributed by atoms with Gasteiger partial charge in [0.1, 0.15) is 23.2 Å². The maximum absolute atomic E-state index is 12.1. The summed E-state index contributed by atoms with van der Waals surface area (Å²) < 4.78 is 16.2. The second-order valence-corrected chi connectivity index (χ2v) is 7.40. The molecule has 0 atom stereocenters. The molecular weight excluding hydrogens is 455 g/mol. The molecule has 0 bridgehead atoms. The van der Waals surface area contributed by atoms with Gasteiger partial charge in [-0.2, -0.15) is 10.4 Å². The van der Waals surface area contributed by atoms with Crippen LogP contribution in [0, 0.1) is 18.3 Å². The normalized spacial score (nSPS) is 10.8. The molecule has 8 nitrogen and oxygen atoms in total. The summed E-state index contributed by atoms with van der Waals surface area (Å²) in [5, 5.41) is 14.2. The molecule has 2 aromatic heterocycles. The van der Waals surface area contributed by atoms with Crippen LogP contribution in [0.15, 0.2) is 45.9 Å². The number of nitrogens with one attached hydrogen (secondary N) is 1. The van der Waals surface area contributed by atoms with Gasteiger partial charge >= 0.3 is 0 Å². The van der Waals surface area contributed by atoms with Crippen molar-refractivity contribution >= 4 is 35.3 Å². The van der Waals surface area contributed by atoms with Crippen LogP contribution in [-0.4, -0.2) is 30.8 Å². The first-order valence-corrected chi connectivity index (χ1v) is 10.1. The van der Waals surface area contributed by atoms with E-state index >= 15 is 0 Å². The highest BCUT2D eigenvalue weighted by atomic mass is 35.5. The standard InChI is InChI=1S/C22H18Cl2N4O4/c1-13-7-14(11-30-2)18(9-25)22(27-13)31-12-21(29)28-26-10-16-4-6-20(32-16)17-5-3-15(23)8-19(17)24/h3-8,10H,11-12H2,1-2H3,(H,28,29). The predicted molar refractivity (Wildman–Crippen MR) is 120 cm³/mol. The average Bonchev–Trinajstić information content (AvgIpc) is 3.21. The first kappa shape index (κ1) is 23.3. The number of carbonyl (C=O) groups is 1. The van der Waals surface area contributed by atoms with Crippen molar-refractivity contribution in [3.05, 3.63) is 69.0 Å². The van der Waals surface area contributed by atoms with Crippen LogP contribution < -0.4 is 10.2 Å². The van der Waals surface area contributed by atoms with Crippen LogP contribution in [0.25, 0.3) is 11.3 Å². The molecule has 1 N–H and O–H groups in total. The monoisotopic (exact) mass is 472 g/mol. The zero-order chi connectivity index (χ0) is 23.1. The fourth-order valence-electron chi connectivity index (χ4n) is 2.79. The minimum absolute atomic E-state index is 0.0641. The fourth-order valence-corrected chi connectivity index (χ4v) is 3.30. The van der Waals surface area contributed by atoms with Gasteiger partial charge in [-0.1, -0.05) is 23.2 Å². The minimum Gasteiger partial charge on any atom is -0.467 e. The number of aryl methyl sites for hydroxylation is 1. The number of furan rings is 1. The molecule has 0 aliphatic heterocycles. The molecule has 0 saturated heterocycles. The summed E-state index contributed by atoms with van der Waals surface area (Å²) in [7, 11) is 1.52. The molecule has 164 valence electrons. The van der Waals surface area contributed by atoms with Gasteiger partial charge < -0.3 is 13.9 Å². The van der Waals surface area contributed by atoms with E-state index in [9.17, 15) is 10.1 Å². The number of aromatic nitrogens is 1.